The molecule has 2 nitrogen and oxygen atoms in total. The van der Waals surface area contributed by atoms with Crippen LogP contribution >= 0.6 is 11.3 Å². The highest BCUT2D eigenvalue weighted by Gasteiger charge is 2.19. The fraction of sp³-hybridized carbons (Fsp3) is 0. The summed E-state index contributed by atoms with van der Waals surface area (Å²) in [4.78, 5) is 5.36. The Balaban J connectivity index is 0.929. The molecule has 0 saturated carbocycles. The van der Waals surface area contributed by atoms with Crippen molar-refractivity contribution in [2.45, 2.75) is 0 Å². The summed E-state index contributed by atoms with van der Waals surface area (Å²) in [6.07, 6.45) is 0. The van der Waals surface area contributed by atoms with E-state index in [2.05, 4.69) is 199 Å². The van der Waals surface area contributed by atoms with E-state index in [1.54, 1.807) is 0 Å². The van der Waals surface area contributed by atoms with Crippen LogP contribution in [0.2, 0.25) is 0 Å². The maximum absolute atomic E-state index is 5.36. The van der Waals surface area contributed by atoms with E-state index < -0.39 is 0 Å². The molecule has 0 saturated heterocycles. The number of hydrogen-bond donors (Lipinski definition) is 0. The minimum atomic E-state index is 1.01. The van der Waals surface area contributed by atoms with E-state index in [9.17, 15) is 0 Å². The van der Waals surface area contributed by atoms with Crippen LogP contribution in [0.3, 0.4) is 0 Å². The molecule has 0 fully saturated rings. The summed E-state index contributed by atoms with van der Waals surface area (Å²) in [5.41, 5.74) is 10.3. The first kappa shape index (κ1) is 31.8. The molecule has 0 unspecified atom stereocenters. The maximum Gasteiger partial charge on any atom is 0.156 e. The van der Waals surface area contributed by atoms with Gasteiger partial charge in [-0.3, -0.25) is 4.40 Å². The number of thiophene rings is 1. The molecular weight excluding hydrogens is 721 g/mol. The normalized spacial score (nSPS) is 12.1. The van der Waals surface area contributed by atoms with Crippen molar-refractivity contribution in [1.29, 1.82) is 0 Å². The lowest BCUT2D eigenvalue weighted by atomic mass is 9.92. The number of rotatable bonds is 3. The molecule has 0 spiro atoms. The van der Waals surface area contributed by atoms with Crippen molar-refractivity contribution in [2.24, 2.45) is 0 Å². The summed E-state index contributed by atoms with van der Waals surface area (Å²) in [7, 11) is 0. The van der Waals surface area contributed by atoms with E-state index in [4.69, 9.17) is 4.98 Å². The first-order chi connectivity index (χ1) is 28.7. The number of benzene rings is 10. The van der Waals surface area contributed by atoms with Crippen molar-refractivity contribution >= 4 is 102 Å². The van der Waals surface area contributed by atoms with Gasteiger partial charge in [-0.05, 0) is 118 Å². The lowest BCUT2D eigenvalue weighted by Gasteiger charge is -2.12. The van der Waals surface area contributed by atoms with Gasteiger partial charge in [-0.1, -0.05) is 158 Å². The number of fused-ring (bicyclic) bond motifs is 15. The van der Waals surface area contributed by atoms with Crippen molar-refractivity contribution < 1.29 is 0 Å². The van der Waals surface area contributed by atoms with E-state index in [0.717, 1.165) is 27.9 Å². The van der Waals surface area contributed by atoms with E-state index in [1.807, 2.05) is 11.3 Å². The molecule has 58 heavy (non-hydrogen) atoms. The van der Waals surface area contributed by atoms with Crippen molar-refractivity contribution in [3.8, 4) is 33.5 Å². The van der Waals surface area contributed by atoms with Gasteiger partial charge in [0.25, 0.3) is 0 Å². The fourth-order valence-corrected chi connectivity index (χ4v) is 10.7. The number of pyridine rings is 1. The Hall–Kier alpha value is -7.33. The minimum absolute atomic E-state index is 1.01. The Bertz CT molecular complexity index is 3800. The second kappa shape index (κ2) is 12.1. The van der Waals surface area contributed by atoms with Crippen molar-refractivity contribution in [2.75, 3.05) is 0 Å². The molecule has 0 aliphatic rings. The van der Waals surface area contributed by atoms with Gasteiger partial charge in [-0.25, -0.2) is 4.98 Å². The highest BCUT2D eigenvalue weighted by molar-refractivity contribution is 7.26. The molecule has 3 heterocycles. The second-order valence-electron chi connectivity index (χ2n) is 15.5. The largest absolute Gasteiger partial charge is 0.291 e. The van der Waals surface area contributed by atoms with Crippen LogP contribution in [0.1, 0.15) is 0 Å². The predicted octanol–water partition coefficient (Wildman–Crippen LogP) is 15.6. The Morgan fingerprint density at radius 3 is 1.47 bits per heavy atom. The molecule has 3 heteroatoms. The molecule has 10 aromatic carbocycles. The molecule has 13 aromatic rings. The zero-order chi connectivity index (χ0) is 37.9. The van der Waals surface area contributed by atoms with Gasteiger partial charge in [-0.2, -0.15) is 0 Å². The SMILES string of the molecule is c1ccc2cc3c(cc2c1)nc1c2sc4cc5ccccc5cc4c2cc(-c2ccc(-c4ccc(-c5ccc6c7ccccc7c7ccccc7c6c5)cc4)cc2)n31. The monoisotopic (exact) mass is 752 g/mol. The zero-order valence-corrected chi connectivity index (χ0v) is 32.1. The van der Waals surface area contributed by atoms with Gasteiger partial charge in [0.1, 0.15) is 0 Å². The quantitative estimate of drug-likeness (QED) is 0.164. The third-order valence-electron chi connectivity index (χ3n) is 12.3. The lowest BCUT2D eigenvalue weighted by molar-refractivity contribution is 1.25. The standard InChI is InChI=1S/C55H32N2S/c1-4-12-40-31-53-48(28-37(40)9-1)49-32-51(57-52-30-39-11-3-2-10-38(39)29-50(52)56-55(57)54(49)58-53)36-23-21-34(22-24-36)33-17-19-35(20-18-33)41-25-26-46-44-15-6-5-13-42(44)43-14-7-8-16-45(43)47(46)27-41/h1-32H. The van der Waals surface area contributed by atoms with E-state index in [1.165, 1.54) is 96.3 Å². The molecule has 0 aliphatic heterocycles. The Labute approximate surface area is 337 Å². The smallest absolute Gasteiger partial charge is 0.156 e. The summed E-state index contributed by atoms with van der Waals surface area (Å²) in [5.74, 6) is 0. The number of aromatic nitrogens is 2. The topological polar surface area (TPSA) is 17.3 Å². The summed E-state index contributed by atoms with van der Waals surface area (Å²) in [6, 6.07) is 71.5. The summed E-state index contributed by atoms with van der Waals surface area (Å²) in [5, 5.41) is 15.3. The molecule has 0 N–H and O–H groups in total. The highest BCUT2D eigenvalue weighted by Crippen LogP contribution is 2.43. The Kier molecular flexibility index (Phi) is 6.63. The van der Waals surface area contributed by atoms with Crippen LogP contribution in [-0.2, 0) is 0 Å². The molecule has 268 valence electrons. The Morgan fingerprint density at radius 1 is 0.345 bits per heavy atom. The first-order valence-corrected chi connectivity index (χ1v) is 20.7. The van der Waals surface area contributed by atoms with Crippen LogP contribution < -0.4 is 0 Å². The van der Waals surface area contributed by atoms with Crippen LogP contribution in [-0.4, -0.2) is 9.38 Å². The maximum atomic E-state index is 5.36. The molecule has 0 radical (unpaired) electrons. The molecule has 0 bridgehead atoms. The van der Waals surface area contributed by atoms with E-state index >= 15 is 0 Å². The van der Waals surface area contributed by atoms with Gasteiger partial charge in [0.05, 0.1) is 21.4 Å². The third-order valence-corrected chi connectivity index (χ3v) is 13.5. The third kappa shape index (κ3) is 4.68. The van der Waals surface area contributed by atoms with Crippen molar-refractivity contribution in [3.63, 3.8) is 0 Å². The number of nitrogens with zero attached hydrogens (tertiary/aromatic N) is 2. The van der Waals surface area contributed by atoms with Crippen molar-refractivity contribution in [1.82, 2.24) is 9.38 Å². The van der Waals surface area contributed by atoms with Gasteiger partial charge in [0.15, 0.2) is 5.65 Å². The van der Waals surface area contributed by atoms with Gasteiger partial charge < -0.3 is 0 Å². The predicted molar refractivity (Wildman–Crippen MR) is 249 cm³/mol. The Morgan fingerprint density at radius 2 is 0.828 bits per heavy atom. The van der Waals surface area contributed by atoms with Crippen LogP contribution in [0.15, 0.2) is 194 Å². The number of hydrogen-bond acceptors (Lipinski definition) is 2. The van der Waals surface area contributed by atoms with Gasteiger partial charge in [0.2, 0.25) is 0 Å². The van der Waals surface area contributed by atoms with Crippen LogP contribution in [0, 0.1) is 0 Å². The average molecular weight is 753 g/mol. The molecule has 0 aliphatic carbocycles. The molecule has 13 rings (SSSR count). The van der Waals surface area contributed by atoms with E-state index in [0.29, 0.717) is 0 Å². The van der Waals surface area contributed by atoms with E-state index in [-0.39, 0.29) is 0 Å². The minimum Gasteiger partial charge on any atom is -0.291 e. The molecular formula is C55H32N2S. The average Bonchev–Trinajstić information content (AvgIpc) is 3.85. The van der Waals surface area contributed by atoms with Gasteiger partial charge in [-0.15, -0.1) is 11.3 Å². The molecule has 0 amide bonds. The molecule has 3 aromatic heterocycles. The highest BCUT2D eigenvalue weighted by atomic mass is 32.1. The van der Waals surface area contributed by atoms with Crippen molar-refractivity contribution in [3.05, 3.63) is 194 Å². The van der Waals surface area contributed by atoms with Crippen LogP contribution in [0.4, 0.5) is 0 Å². The summed E-state index contributed by atoms with van der Waals surface area (Å²) >= 11 is 1.85. The summed E-state index contributed by atoms with van der Waals surface area (Å²) in [6.45, 7) is 0. The van der Waals surface area contributed by atoms with Crippen LogP contribution in [0.25, 0.3) is 124 Å². The van der Waals surface area contributed by atoms with Gasteiger partial charge in [0, 0.05) is 15.5 Å². The number of imidazole rings is 1. The fourth-order valence-electron chi connectivity index (χ4n) is 9.46. The van der Waals surface area contributed by atoms with Gasteiger partial charge >= 0.3 is 0 Å². The summed E-state index contributed by atoms with van der Waals surface area (Å²) < 4.78 is 4.90. The second-order valence-corrected chi connectivity index (χ2v) is 16.6. The molecule has 0 atom stereocenters. The first-order valence-electron chi connectivity index (χ1n) is 19.9. The zero-order valence-electron chi connectivity index (χ0n) is 31.3. The van der Waals surface area contributed by atoms with Crippen LogP contribution in [0.5, 0.6) is 0 Å². The lowest BCUT2D eigenvalue weighted by Crippen LogP contribution is -1.93.